The van der Waals surface area contributed by atoms with Gasteiger partial charge in [-0.2, -0.15) is 0 Å². The first-order valence-corrected chi connectivity index (χ1v) is 10.2. The van der Waals surface area contributed by atoms with E-state index >= 15 is 0 Å². The van der Waals surface area contributed by atoms with Crippen molar-refractivity contribution < 1.29 is 9.90 Å². The third-order valence-corrected chi connectivity index (χ3v) is 5.56. The van der Waals surface area contributed by atoms with Crippen molar-refractivity contribution in [2.45, 2.75) is 80.8 Å². The lowest BCUT2D eigenvalue weighted by Gasteiger charge is -1.99. The summed E-state index contributed by atoms with van der Waals surface area (Å²) in [6.45, 7) is 0. The number of aromatic nitrogens is 3. The van der Waals surface area contributed by atoms with E-state index < -0.39 is 0 Å². The highest BCUT2D eigenvalue weighted by Crippen LogP contribution is 2.28. The Hall–Kier alpha value is -2.92. The van der Waals surface area contributed by atoms with Crippen molar-refractivity contribution in [1.82, 2.24) is 15.0 Å². The maximum absolute atomic E-state index is 11.0. The van der Waals surface area contributed by atoms with Gasteiger partial charge in [-0.1, -0.05) is 41.8 Å². The van der Waals surface area contributed by atoms with Crippen molar-refractivity contribution in [3.05, 3.63) is 88.8 Å². The van der Waals surface area contributed by atoms with Crippen LogP contribution in [0, 0.1) is 0 Å². The molecule has 0 radical (unpaired) electrons. The first-order chi connectivity index (χ1) is 14.2. The number of hydrogen-bond donors (Lipinski definition) is 1. The van der Waals surface area contributed by atoms with Gasteiger partial charge >= 0.3 is 0 Å². The molecule has 3 aliphatic carbocycles. The molecule has 0 saturated carbocycles. The maximum atomic E-state index is 11.0. The lowest BCUT2D eigenvalue weighted by Crippen LogP contribution is -1.90. The summed E-state index contributed by atoms with van der Waals surface area (Å²) in [6.07, 6.45) is 12.1. The van der Waals surface area contributed by atoms with E-state index in [1.165, 1.54) is 30.5 Å². The normalized spacial score (nSPS) is 15.8. The van der Waals surface area contributed by atoms with E-state index in [1.807, 2.05) is 36.5 Å². The van der Waals surface area contributed by atoms with E-state index in [1.54, 1.807) is 12.4 Å². The number of hydrogen-bond acceptors (Lipinski definition) is 5. The van der Waals surface area contributed by atoms with Crippen LogP contribution in [-0.2, 0) is 25.7 Å². The molecule has 6 rings (SSSR count). The second-order valence-corrected chi connectivity index (χ2v) is 7.48. The minimum absolute atomic E-state index is 0. The average molecular weight is 452 g/mol. The number of fused-ring (bicyclic) bond motifs is 3. The van der Waals surface area contributed by atoms with Gasteiger partial charge in [-0.25, -0.2) is 0 Å². The van der Waals surface area contributed by atoms with Gasteiger partial charge in [0.05, 0.1) is 11.8 Å². The van der Waals surface area contributed by atoms with Gasteiger partial charge in [-0.05, 0) is 68.4 Å². The first-order valence-electron chi connectivity index (χ1n) is 10.2. The average Bonchev–Trinajstić information content (AvgIpc) is 3.49. The number of Topliss-reactive ketones (excluding diaryl/α,β-unsaturated/α-hetero) is 1. The zero-order chi connectivity index (χ0) is 20.1. The molecule has 5 heteroatoms. The van der Waals surface area contributed by atoms with Gasteiger partial charge in [0.25, 0.3) is 0 Å². The molecule has 3 aromatic rings. The van der Waals surface area contributed by atoms with Crippen LogP contribution in [0.4, 0.5) is 0 Å². The highest BCUT2D eigenvalue weighted by atomic mass is 16.3. The maximum Gasteiger partial charge on any atom is 0.165 e. The molecular weight excluding hydrogens is 410 g/mol. The van der Waals surface area contributed by atoms with E-state index in [0.29, 0.717) is 6.42 Å². The summed E-state index contributed by atoms with van der Waals surface area (Å²) in [5, 5.41) is 9.34. The topological polar surface area (TPSA) is 76.0 Å². The lowest BCUT2D eigenvalue weighted by atomic mass is 10.2. The molecular formula is C28H41N3O2. The highest BCUT2D eigenvalue weighted by molar-refractivity contribution is 5.99. The molecule has 3 heterocycles. The van der Waals surface area contributed by atoms with Crippen LogP contribution in [0.5, 0.6) is 0 Å². The van der Waals surface area contributed by atoms with E-state index in [0.717, 1.165) is 41.8 Å². The van der Waals surface area contributed by atoms with Crippen molar-refractivity contribution in [3.63, 3.8) is 0 Å². The van der Waals surface area contributed by atoms with E-state index in [2.05, 4.69) is 21.0 Å². The van der Waals surface area contributed by atoms with Crippen molar-refractivity contribution in [3.8, 4) is 0 Å². The second-order valence-electron chi connectivity index (χ2n) is 7.48. The Bertz CT molecular complexity index is 981. The van der Waals surface area contributed by atoms with Gasteiger partial charge in [-0.3, -0.25) is 19.7 Å². The SMILES string of the molecule is C.C.C.C.O=C1CCc2ncccc21.O[C@@H]1CCc2ncccc21.c1cnc2c(c1)CCC2. The minimum Gasteiger partial charge on any atom is -0.388 e. The molecule has 0 aromatic carbocycles. The lowest BCUT2D eigenvalue weighted by molar-refractivity contribution is 0.0994. The van der Waals surface area contributed by atoms with Crippen molar-refractivity contribution in [2.24, 2.45) is 0 Å². The summed E-state index contributed by atoms with van der Waals surface area (Å²) >= 11 is 0. The number of rotatable bonds is 0. The van der Waals surface area contributed by atoms with Crippen LogP contribution < -0.4 is 0 Å². The van der Waals surface area contributed by atoms with Crippen molar-refractivity contribution in [2.75, 3.05) is 0 Å². The van der Waals surface area contributed by atoms with Crippen LogP contribution >= 0.6 is 0 Å². The Morgan fingerprint density at radius 3 is 2.00 bits per heavy atom. The molecule has 0 spiro atoms. The Morgan fingerprint density at radius 1 is 0.697 bits per heavy atom. The van der Waals surface area contributed by atoms with Crippen LogP contribution in [0.15, 0.2) is 55.0 Å². The Kier molecular flexibility index (Phi) is 13.0. The standard InChI is InChI=1S/C8H9NO.C8H7NO.C8H9N.4CH4/c2*10-8-4-3-7-6(8)2-1-5-9-7;1-3-7-4-2-6-9-8(7)5-1;;;;/h1-2,5,8,10H,3-4H2;1-2,5H,3-4H2;2,4,6H,1,3,5H2;4*1H4/t8-;;;;;;/m1....../s1. The summed E-state index contributed by atoms with van der Waals surface area (Å²) in [4.78, 5) is 23.5. The van der Waals surface area contributed by atoms with Gasteiger partial charge in [-0.15, -0.1) is 0 Å². The number of carbonyl (C=O) groups excluding carboxylic acids is 1. The van der Waals surface area contributed by atoms with Gasteiger partial charge in [0.15, 0.2) is 5.78 Å². The molecule has 1 atom stereocenters. The third kappa shape index (κ3) is 7.29. The molecule has 0 saturated heterocycles. The smallest absolute Gasteiger partial charge is 0.165 e. The summed E-state index contributed by atoms with van der Waals surface area (Å²) in [6, 6.07) is 11.7. The molecule has 180 valence electrons. The number of carbonyl (C=O) groups is 1. The molecule has 0 fully saturated rings. The fourth-order valence-electron chi connectivity index (χ4n) is 4.02. The molecule has 1 N–H and O–H groups in total. The van der Waals surface area contributed by atoms with Gasteiger partial charge < -0.3 is 5.11 Å². The molecule has 0 amide bonds. The predicted molar refractivity (Wildman–Crippen MR) is 138 cm³/mol. The van der Waals surface area contributed by atoms with Gasteiger partial charge in [0.2, 0.25) is 0 Å². The summed E-state index contributed by atoms with van der Waals surface area (Å²) in [5.41, 5.74) is 6.64. The third-order valence-electron chi connectivity index (χ3n) is 5.56. The number of nitrogens with zero attached hydrogens (tertiary/aromatic N) is 3. The van der Waals surface area contributed by atoms with Gasteiger partial charge in [0, 0.05) is 47.5 Å². The first kappa shape index (κ1) is 30.1. The van der Waals surface area contributed by atoms with Crippen molar-refractivity contribution >= 4 is 5.78 Å². The Balaban J connectivity index is 0.000000439. The molecule has 0 unspecified atom stereocenters. The molecule has 33 heavy (non-hydrogen) atoms. The highest BCUT2D eigenvalue weighted by Gasteiger charge is 2.20. The number of ketones is 1. The summed E-state index contributed by atoms with van der Waals surface area (Å²) in [7, 11) is 0. The van der Waals surface area contributed by atoms with Crippen LogP contribution in [0.25, 0.3) is 0 Å². The minimum atomic E-state index is -0.260. The van der Waals surface area contributed by atoms with Crippen LogP contribution in [0.3, 0.4) is 0 Å². The Labute approximate surface area is 200 Å². The molecule has 0 aliphatic heterocycles. The molecule has 0 bridgehead atoms. The number of aliphatic hydroxyl groups excluding tert-OH is 1. The molecule has 5 nitrogen and oxygen atoms in total. The summed E-state index contributed by atoms with van der Waals surface area (Å²) in [5.74, 6) is 0.239. The number of aliphatic hydroxyl groups is 1. The van der Waals surface area contributed by atoms with Crippen LogP contribution in [0.1, 0.15) is 93.6 Å². The van der Waals surface area contributed by atoms with Crippen LogP contribution in [0.2, 0.25) is 0 Å². The largest absolute Gasteiger partial charge is 0.388 e. The Morgan fingerprint density at radius 2 is 1.33 bits per heavy atom. The van der Waals surface area contributed by atoms with E-state index in [9.17, 15) is 9.90 Å². The van der Waals surface area contributed by atoms with E-state index in [4.69, 9.17) is 0 Å². The zero-order valence-electron chi connectivity index (χ0n) is 16.4. The van der Waals surface area contributed by atoms with E-state index in [-0.39, 0.29) is 41.6 Å². The molecule has 3 aliphatic rings. The van der Waals surface area contributed by atoms with Crippen LogP contribution in [-0.4, -0.2) is 25.8 Å². The fraction of sp³-hybridized carbons (Fsp3) is 0.429. The monoisotopic (exact) mass is 451 g/mol. The molecule has 3 aromatic heterocycles. The zero-order valence-corrected chi connectivity index (χ0v) is 16.4. The number of pyridine rings is 3. The predicted octanol–water partition coefficient (Wildman–Crippen LogP) is 6.39. The van der Waals surface area contributed by atoms with Gasteiger partial charge in [0.1, 0.15) is 0 Å². The van der Waals surface area contributed by atoms with Crippen molar-refractivity contribution in [1.29, 1.82) is 0 Å². The fourth-order valence-corrected chi connectivity index (χ4v) is 4.02. The summed E-state index contributed by atoms with van der Waals surface area (Å²) < 4.78 is 0. The quantitative estimate of drug-likeness (QED) is 0.429. The second kappa shape index (κ2) is 14.3. The number of aryl methyl sites for hydroxylation is 4.